The molecule has 0 atom stereocenters. The zero-order chi connectivity index (χ0) is 17.5. The van der Waals surface area contributed by atoms with Gasteiger partial charge in [0.2, 0.25) is 10.0 Å². The van der Waals surface area contributed by atoms with Gasteiger partial charge in [0.05, 0.1) is 18.4 Å². The summed E-state index contributed by atoms with van der Waals surface area (Å²) in [6.45, 7) is 1.79. The van der Waals surface area contributed by atoms with Gasteiger partial charge >= 0.3 is 0 Å². The fourth-order valence-electron chi connectivity index (χ4n) is 2.72. The summed E-state index contributed by atoms with van der Waals surface area (Å²) in [7, 11) is -3.26. The van der Waals surface area contributed by atoms with Gasteiger partial charge in [-0.25, -0.2) is 12.7 Å². The summed E-state index contributed by atoms with van der Waals surface area (Å²) >= 11 is 1.53. The predicted octanol–water partition coefficient (Wildman–Crippen LogP) is 2.64. The number of nitriles is 1. The molecule has 0 aliphatic carbocycles. The first-order valence-electron chi connectivity index (χ1n) is 8.07. The van der Waals surface area contributed by atoms with E-state index in [0.717, 1.165) is 5.56 Å². The number of thioether (sulfide) groups is 1. The Morgan fingerprint density at radius 2 is 1.96 bits per heavy atom. The van der Waals surface area contributed by atoms with Crippen LogP contribution < -0.4 is 0 Å². The first-order valence-corrected chi connectivity index (χ1v) is 10.9. The zero-order valence-corrected chi connectivity index (χ0v) is 15.6. The normalized spacial score (nSPS) is 18.2. The Morgan fingerprint density at radius 1 is 1.29 bits per heavy atom. The number of rotatable bonds is 8. The molecular formula is C17H24N2O3S2. The summed E-state index contributed by atoms with van der Waals surface area (Å²) in [4.78, 5) is 0. The van der Waals surface area contributed by atoms with Crippen LogP contribution in [0.3, 0.4) is 0 Å². The molecule has 1 heterocycles. The van der Waals surface area contributed by atoms with Crippen LogP contribution in [-0.2, 0) is 21.4 Å². The van der Waals surface area contributed by atoms with Crippen molar-refractivity contribution in [1.29, 1.82) is 5.26 Å². The maximum atomic E-state index is 12.4. The largest absolute Gasteiger partial charge is 0.377 e. The van der Waals surface area contributed by atoms with Gasteiger partial charge in [-0.15, -0.1) is 11.8 Å². The number of piperidine rings is 1. The van der Waals surface area contributed by atoms with Crippen LogP contribution in [0.25, 0.3) is 0 Å². The average Bonchev–Trinajstić information content (AvgIpc) is 2.62. The minimum atomic E-state index is -3.26. The predicted molar refractivity (Wildman–Crippen MR) is 97.2 cm³/mol. The number of hydrogen-bond acceptors (Lipinski definition) is 5. The van der Waals surface area contributed by atoms with Crippen molar-refractivity contribution < 1.29 is 13.2 Å². The quantitative estimate of drug-likeness (QED) is 0.660. The van der Waals surface area contributed by atoms with Gasteiger partial charge in [0.25, 0.3) is 0 Å². The van der Waals surface area contributed by atoms with Crippen molar-refractivity contribution in [1.82, 2.24) is 4.31 Å². The van der Waals surface area contributed by atoms with Gasteiger partial charge in [0.15, 0.2) is 0 Å². The van der Waals surface area contributed by atoms with Crippen molar-refractivity contribution >= 4 is 21.8 Å². The number of benzene rings is 1. The third-order valence-corrected chi connectivity index (χ3v) is 7.56. The van der Waals surface area contributed by atoms with Gasteiger partial charge in [0.1, 0.15) is 4.75 Å². The molecule has 5 nitrogen and oxygen atoms in total. The molecule has 0 radical (unpaired) electrons. The smallest absolute Gasteiger partial charge is 0.214 e. The van der Waals surface area contributed by atoms with Crippen molar-refractivity contribution in [3.8, 4) is 6.07 Å². The summed E-state index contributed by atoms with van der Waals surface area (Å²) in [6, 6.07) is 12.2. The fraction of sp³-hybridized carbons (Fsp3) is 0.588. The van der Waals surface area contributed by atoms with Crippen molar-refractivity contribution in [2.45, 2.75) is 30.6 Å². The second-order valence-electron chi connectivity index (χ2n) is 5.92. The first kappa shape index (κ1) is 19.3. The molecule has 1 aromatic rings. The van der Waals surface area contributed by atoms with E-state index in [-0.39, 0.29) is 5.75 Å². The summed E-state index contributed by atoms with van der Waals surface area (Å²) in [5.41, 5.74) is 1.08. The molecule has 2 rings (SSSR count). The molecule has 1 saturated heterocycles. The van der Waals surface area contributed by atoms with Crippen molar-refractivity contribution in [3.05, 3.63) is 35.9 Å². The van der Waals surface area contributed by atoms with E-state index in [1.807, 2.05) is 36.6 Å². The lowest BCUT2D eigenvalue weighted by Gasteiger charge is -2.35. The zero-order valence-electron chi connectivity index (χ0n) is 14.0. The first-order chi connectivity index (χ1) is 11.5. The van der Waals surface area contributed by atoms with Gasteiger partial charge in [-0.2, -0.15) is 5.26 Å². The van der Waals surface area contributed by atoms with E-state index in [1.54, 1.807) is 0 Å². The Bertz CT molecular complexity index is 648. The third kappa shape index (κ3) is 5.21. The molecule has 1 fully saturated rings. The topological polar surface area (TPSA) is 70.4 Å². The third-order valence-electron chi connectivity index (χ3n) is 4.32. The van der Waals surface area contributed by atoms with Crippen LogP contribution in [0.1, 0.15) is 24.8 Å². The van der Waals surface area contributed by atoms with Crippen LogP contribution in [0.5, 0.6) is 0 Å². The van der Waals surface area contributed by atoms with Gasteiger partial charge in [0, 0.05) is 19.7 Å². The van der Waals surface area contributed by atoms with Crippen LogP contribution in [-0.4, -0.2) is 49.2 Å². The summed E-state index contributed by atoms with van der Waals surface area (Å²) < 4.78 is 31.4. The number of hydrogen-bond donors (Lipinski definition) is 0. The van der Waals surface area contributed by atoms with E-state index in [1.165, 1.54) is 16.1 Å². The number of sulfonamides is 1. The SMILES string of the molecule is CSC1(C#N)CCN(S(=O)(=O)CCCOCc2ccccc2)CC1. The molecule has 0 aromatic heterocycles. The van der Waals surface area contributed by atoms with Crippen LogP contribution >= 0.6 is 11.8 Å². The second kappa shape index (κ2) is 8.86. The van der Waals surface area contributed by atoms with E-state index < -0.39 is 14.8 Å². The van der Waals surface area contributed by atoms with Crippen LogP contribution in [0.4, 0.5) is 0 Å². The summed E-state index contributed by atoms with van der Waals surface area (Å²) in [5, 5.41) is 9.27. The molecule has 0 amide bonds. The Labute approximate surface area is 149 Å². The molecule has 1 aromatic carbocycles. The van der Waals surface area contributed by atoms with Gasteiger partial charge in [-0.1, -0.05) is 30.3 Å². The average molecular weight is 369 g/mol. The molecule has 1 aliphatic rings. The van der Waals surface area contributed by atoms with Crippen molar-refractivity contribution in [3.63, 3.8) is 0 Å². The second-order valence-corrected chi connectivity index (χ2v) is 9.20. The Morgan fingerprint density at radius 3 is 2.54 bits per heavy atom. The molecule has 0 bridgehead atoms. The van der Waals surface area contributed by atoms with Gasteiger partial charge < -0.3 is 4.74 Å². The molecule has 0 unspecified atom stereocenters. The number of nitrogens with zero attached hydrogens (tertiary/aromatic N) is 2. The highest BCUT2D eigenvalue weighted by atomic mass is 32.2. The van der Waals surface area contributed by atoms with Crippen molar-refractivity contribution in [2.24, 2.45) is 0 Å². The van der Waals surface area contributed by atoms with E-state index in [4.69, 9.17) is 4.74 Å². The minimum Gasteiger partial charge on any atom is -0.377 e. The molecule has 24 heavy (non-hydrogen) atoms. The van der Waals surface area contributed by atoms with E-state index in [9.17, 15) is 13.7 Å². The highest BCUT2D eigenvalue weighted by molar-refractivity contribution is 8.00. The molecular weight excluding hydrogens is 344 g/mol. The van der Waals surface area contributed by atoms with E-state index >= 15 is 0 Å². The molecule has 0 N–H and O–H groups in total. The standard InChI is InChI=1S/C17H24N2O3S2/c1-23-17(15-18)8-10-19(11-9-17)24(20,21)13-5-12-22-14-16-6-3-2-4-7-16/h2-4,6-7H,5,8-14H2,1H3. The fourth-order valence-corrected chi connectivity index (χ4v) is 4.89. The monoisotopic (exact) mass is 368 g/mol. The Hall–Kier alpha value is -1.07. The van der Waals surface area contributed by atoms with Gasteiger partial charge in [-0.3, -0.25) is 0 Å². The Kier molecular flexibility index (Phi) is 7.11. The molecule has 0 spiro atoms. The van der Waals surface area contributed by atoms with Crippen molar-refractivity contribution in [2.75, 3.05) is 31.7 Å². The molecule has 132 valence electrons. The minimum absolute atomic E-state index is 0.0978. The van der Waals surface area contributed by atoms with Crippen LogP contribution in [0.15, 0.2) is 30.3 Å². The van der Waals surface area contributed by atoms with E-state index in [2.05, 4.69) is 6.07 Å². The lowest BCUT2D eigenvalue weighted by Crippen LogP contribution is -2.45. The van der Waals surface area contributed by atoms with Crippen LogP contribution in [0, 0.1) is 11.3 Å². The van der Waals surface area contributed by atoms with Gasteiger partial charge in [-0.05, 0) is 31.1 Å². The highest BCUT2D eigenvalue weighted by Gasteiger charge is 2.37. The maximum Gasteiger partial charge on any atom is 0.214 e. The van der Waals surface area contributed by atoms with Crippen LogP contribution in [0.2, 0.25) is 0 Å². The van der Waals surface area contributed by atoms with E-state index in [0.29, 0.717) is 45.6 Å². The lowest BCUT2D eigenvalue weighted by molar-refractivity contribution is 0.121. The maximum absolute atomic E-state index is 12.4. The molecule has 0 saturated carbocycles. The summed E-state index contributed by atoms with van der Waals surface area (Å²) in [6.07, 6.45) is 3.58. The molecule has 7 heteroatoms. The lowest BCUT2D eigenvalue weighted by atomic mass is 9.99. The number of ether oxygens (including phenoxy) is 1. The highest BCUT2D eigenvalue weighted by Crippen LogP contribution is 2.34. The molecule has 1 aliphatic heterocycles. The Balaban J connectivity index is 1.71. The summed E-state index contributed by atoms with van der Waals surface area (Å²) in [5.74, 6) is 0.0978.